The summed E-state index contributed by atoms with van der Waals surface area (Å²) in [4.78, 5) is 2.12. The molecule has 0 aliphatic carbocycles. The number of hydrogen-bond donors (Lipinski definition) is 1. The van der Waals surface area contributed by atoms with E-state index in [1.54, 1.807) is 0 Å². The quantitative estimate of drug-likeness (QED) is 0.458. The monoisotopic (exact) mass is 170 g/mol. The first-order valence-electron chi connectivity index (χ1n) is 4.55. The average Bonchev–Trinajstić information content (AvgIpc) is 2.06. The minimum absolute atomic E-state index is 0.256. The molecule has 1 N–H and O–H groups in total. The fourth-order valence-corrected chi connectivity index (χ4v) is 1.13. The fourth-order valence-electron chi connectivity index (χ4n) is 1.13. The van der Waals surface area contributed by atoms with Crippen molar-refractivity contribution in [3.63, 3.8) is 0 Å². The van der Waals surface area contributed by atoms with Gasteiger partial charge in [-0.2, -0.15) is 5.26 Å². The Labute approximate surface area is 74.6 Å². The lowest BCUT2D eigenvalue weighted by molar-refractivity contribution is 0.255. The predicted molar refractivity (Wildman–Crippen MR) is 48.7 cm³/mol. The van der Waals surface area contributed by atoms with E-state index >= 15 is 0 Å². The Bertz CT molecular complexity index is 131. The summed E-state index contributed by atoms with van der Waals surface area (Å²) in [6.45, 7) is 4.79. The molecule has 0 atom stereocenters. The Balaban J connectivity index is 3.42. The highest BCUT2D eigenvalue weighted by Gasteiger charge is 2.00. The van der Waals surface area contributed by atoms with Crippen LogP contribution in [0.4, 0.5) is 0 Å². The van der Waals surface area contributed by atoms with Gasteiger partial charge in [-0.25, -0.2) is 0 Å². The van der Waals surface area contributed by atoms with Crippen LogP contribution in [0.15, 0.2) is 0 Å². The third-order valence-corrected chi connectivity index (χ3v) is 1.72. The zero-order valence-corrected chi connectivity index (χ0v) is 7.79. The van der Waals surface area contributed by atoms with Crippen LogP contribution >= 0.6 is 0 Å². The maximum absolute atomic E-state index is 8.56. The molecule has 0 heterocycles. The van der Waals surface area contributed by atoms with Gasteiger partial charge in [0, 0.05) is 6.61 Å². The van der Waals surface area contributed by atoms with E-state index in [-0.39, 0.29) is 6.61 Å². The van der Waals surface area contributed by atoms with Gasteiger partial charge in [0.2, 0.25) is 0 Å². The van der Waals surface area contributed by atoms with E-state index in [1.165, 1.54) is 0 Å². The van der Waals surface area contributed by atoms with Crippen molar-refractivity contribution in [1.29, 1.82) is 5.26 Å². The van der Waals surface area contributed by atoms with Crippen LogP contribution in [0, 0.1) is 11.3 Å². The van der Waals surface area contributed by atoms with Crippen LogP contribution in [0.25, 0.3) is 0 Å². The summed E-state index contributed by atoms with van der Waals surface area (Å²) in [5.74, 6) is 0. The SMILES string of the molecule is CCCN(CC#N)CCCCO. The molecule has 0 aromatic heterocycles. The standard InChI is InChI=1S/C9H18N2O/c1-2-6-11(8-5-10)7-3-4-9-12/h12H,2-4,6-9H2,1H3. The molecule has 0 spiro atoms. The van der Waals surface area contributed by atoms with Gasteiger partial charge in [-0.15, -0.1) is 0 Å². The average molecular weight is 170 g/mol. The summed E-state index contributed by atoms with van der Waals surface area (Å²) in [6.07, 6.45) is 2.91. The Kier molecular flexibility index (Phi) is 8.09. The second kappa shape index (κ2) is 8.51. The van der Waals surface area contributed by atoms with Crippen molar-refractivity contribution in [2.24, 2.45) is 0 Å². The maximum Gasteiger partial charge on any atom is 0.0865 e. The molecule has 0 radical (unpaired) electrons. The van der Waals surface area contributed by atoms with Crippen molar-refractivity contribution in [3.8, 4) is 6.07 Å². The zero-order valence-electron chi connectivity index (χ0n) is 7.79. The Morgan fingerprint density at radius 2 is 2.08 bits per heavy atom. The number of nitriles is 1. The van der Waals surface area contributed by atoms with Gasteiger partial charge in [-0.05, 0) is 32.4 Å². The summed E-state index contributed by atoms with van der Waals surface area (Å²) in [7, 11) is 0. The molecule has 0 aliphatic heterocycles. The summed E-state index contributed by atoms with van der Waals surface area (Å²) < 4.78 is 0. The van der Waals surface area contributed by atoms with Gasteiger partial charge in [-0.1, -0.05) is 6.92 Å². The topological polar surface area (TPSA) is 47.3 Å². The molecule has 0 rings (SSSR count). The molecule has 0 bridgehead atoms. The molecule has 0 saturated heterocycles. The molecule has 70 valence electrons. The second-order valence-corrected chi connectivity index (χ2v) is 2.86. The number of hydrogen-bond acceptors (Lipinski definition) is 3. The Morgan fingerprint density at radius 3 is 2.58 bits per heavy atom. The van der Waals surface area contributed by atoms with Crippen LogP contribution in [0.2, 0.25) is 0 Å². The molecule has 0 fully saturated rings. The van der Waals surface area contributed by atoms with Gasteiger partial charge in [0.25, 0.3) is 0 Å². The van der Waals surface area contributed by atoms with E-state index in [1.807, 2.05) is 0 Å². The first-order chi connectivity index (χ1) is 5.85. The smallest absolute Gasteiger partial charge is 0.0865 e. The van der Waals surface area contributed by atoms with E-state index in [9.17, 15) is 0 Å². The number of unbranched alkanes of at least 4 members (excludes halogenated alkanes) is 1. The molecule has 0 amide bonds. The largest absolute Gasteiger partial charge is 0.396 e. The van der Waals surface area contributed by atoms with Gasteiger partial charge >= 0.3 is 0 Å². The molecule has 0 aliphatic rings. The lowest BCUT2D eigenvalue weighted by atomic mass is 10.3. The molecular weight excluding hydrogens is 152 g/mol. The van der Waals surface area contributed by atoms with E-state index in [2.05, 4.69) is 17.9 Å². The fraction of sp³-hybridized carbons (Fsp3) is 0.889. The molecule has 0 aromatic carbocycles. The number of aliphatic hydroxyl groups excluding tert-OH is 1. The molecule has 3 nitrogen and oxygen atoms in total. The third kappa shape index (κ3) is 6.14. The summed E-state index contributed by atoms with van der Waals surface area (Å²) >= 11 is 0. The number of nitrogens with zero attached hydrogens (tertiary/aromatic N) is 2. The number of rotatable bonds is 7. The van der Waals surface area contributed by atoms with Gasteiger partial charge < -0.3 is 5.11 Å². The van der Waals surface area contributed by atoms with Crippen molar-refractivity contribution >= 4 is 0 Å². The normalized spacial score (nSPS) is 10.2. The van der Waals surface area contributed by atoms with Gasteiger partial charge in [-0.3, -0.25) is 4.90 Å². The highest BCUT2D eigenvalue weighted by atomic mass is 16.2. The molecular formula is C9H18N2O. The van der Waals surface area contributed by atoms with Crippen molar-refractivity contribution in [2.75, 3.05) is 26.2 Å². The van der Waals surface area contributed by atoms with Crippen molar-refractivity contribution < 1.29 is 5.11 Å². The molecule has 12 heavy (non-hydrogen) atoms. The Morgan fingerprint density at radius 1 is 1.33 bits per heavy atom. The zero-order chi connectivity index (χ0) is 9.23. The molecule has 0 saturated carbocycles. The van der Waals surface area contributed by atoms with Crippen molar-refractivity contribution in [2.45, 2.75) is 26.2 Å². The number of aliphatic hydroxyl groups is 1. The van der Waals surface area contributed by atoms with Crippen LogP contribution in [-0.4, -0.2) is 36.2 Å². The maximum atomic E-state index is 8.56. The molecule has 0 unspecified atom stereocenters. The summed E-state index contributed by atoms with van der Waals surface area (Å²) in [6, 6.07) is 2.14. The molecule has 0 aromatic rings. The van der Waals surface area contributed by atoms with E-state index < -0.39 is 0 Å². The highest BCUT2D eigenvalue weighted by Crippen LogP contribution is 1.95. The summed E-state index contributed by atoms with van der Waals surface area (Å²) in [5, 5.41) is 17.0. The van der Waals surface area contributed by atoms with E-state index in [0.717, 1.165) is 32.4 Å². The van der Waals surface area contributed by atoms with Gasteiger partial charge in [0.1, 0.15) is 0 Å². The van der Waals surface area contributed by atoms with Crippen molar-refractivity contribution in [1.82, 2.24) is 4.90 Å². The minimum atomic E-state index is 0.256. The van der Waals surface area contributed by atoms with Crippen molar-refractivity contribution in [3.05, 3.63) is 0 Å². The Hall–Kier alpha value is -0.590. The predicted octanol–water partition coefficient (Wildman–Crippen LogP) is 0.994. The van der Waals surface area contributed by atoms with E-state index in [0.29, 0.717) is 6.54 Å². The first-order valence-corrected chi connectivity index (χ1v) is 4.55. The van der Waals surface area contributed by atoms with E-state index in [4.69, 9.17) is 10.4 Å². The molecule has 3 heteroatoms. The first kappa shape index (κ1) is 11.4. The van der Waals surface area contributed by atoms with Gasteiger partial charge in [0.15, 0.2) is 0 Å². The van der Waals surface area contributed by atoms with Crippen LogP contribution < -0.4 is 0 Å². The third-order valence-electron chi connectivity index (χ3n) is 1.72. The van der Waals surface area contributed by atoms with Crippen LogP contribution in [-0.2, 0) is 0 Å². The second-order valence-electron chi connectivity index (χ2n) is 2.86. The summed E-state index contributed by atoms with van der Waals surface area (Å²) in [5.41, 5.74) is 0. The van der Waals surface area contributed by atoms with Crippen LogP contribution in [0.5, 0.6) is 0 Å². The highest BCUT2D eigenvalue weighted by molar-refractivity contribution is 4.75. The lowest BCUT2D eigenvalue weighted by Crippen LogP contribution is -2.26. The minimum Gasteiger partial charge on any atom is -0.396 e. The van der Waals surface area contributed by atoms with Crippen LogP contribution in [0.3, 0.4) is 0 Å². The van der Waals surface area contributed by atoms with Crippen LogP contribution in [0.1, 0.15) is 26.2 Å². The lowest BCUT2D eigenvalue weighted by Gasteiger charge is -2.17. The van der Waals surface area contributed by atoms with Gasteiger partial charge in [0.05, 0.1) is 12.6 Å².